The number of hydrogen-bond donors (Lipinski definition) is 1. The molecule has 1 aliphatic heterocycles. The van der Waals surface area contributed by atoms with Gasteiger partial charge in [-0.15, -0.1) is 0 Å². The average molecular weight is 556 g/mol. The molecule has 0 radical (unpaired) electrons. The summed E-state index contributed by atoms with van der Waals surface area (Å²) in [5, 5.41) is 12.2. The number of esters is 1. The normalized spacial score (nSPS) is 22.2. The van der Waals surface area contributed by atoms with Crippen LogP contribution in [0.25, 0.3) is 0 Å². The van der Waals surface area contributed by atoms with Gasteiger partial charge in [0, 0.05) is 6.54 Å². The molecule has 4 atom stereocenters. The molecule has 0 unspecified atom stereocenters. The van der Waals surface area contributed by atoms with Crippen LogP contribution >= 0.6 is 0 Å². The minimum absolute atomic E-state index is 0.0108. The number of aliphatic hydroxyl groups is 1. The van der Waals surface area contributed by atoms with Crippen molar-refractivity contribution in [1.82, 2.24) is 4.90 Å². The maximum absolute atomic E-state index is 13.6. The standard InChI is InChI=1S/C32H49NO5Si/c1-22(2)29-32(20-37-39(9,10)31(6,7)8,33(21-36-29)19-26-17-12-11-13-18-26)28(34)25(5)30(35)38-27-23(3)15-14-16-24(27)4/h11-18,22,25,28-29,34H,19-21H2,1-10H3/t25-,28+,29+,32+/m1/s1. The molecule has 2 aromatic rings. The third kappa shape index (κ3) is 6.65. The van der Waals surface area contributed by atoms with Crippen molar-refractivity contribution >= 4 is 14.3 Å². The molecule has 0 amide bonds. The Labute approximate surface area is 236 Å². The van der Waals surface area contributed by atoms with Gasteiger partial charge in [-0.1, -0.05) is 83.1 Å². The summed E-state index contributed by atoms with van der Waals surface area (Å²) in [5.74, 6) is -0.628. The summed E-state index contributed by atoms with van der Waals surface area (Å²) in [6, 6.07) is 16.0. The van der Waals surface area contributed by atoms with Gasteiger partial charge in [-0.2, -0.15) is 0 Å². The molecule has 1 heterocycles. The molecule has 1 aliphatic rings. The fourth-order valence-corrected chi connectivity index (χ4v) is 6.25. The summed E-state index contributed by atoms with van der Waals surface area (Å²) in [5.41, 5.74) is 1.94. The fraction of sp³-hybridized carbons (Fsp3) is 0.594. The molecule has 216 valence electrons. The van der Waals surface area contributed by atoms with Gasteiger partial charge in [-0.3, -0.25) is 9.69 Å². The van der Waals surface area contributed by atoms with E-state index in [1.165, 1.54) is 0 Å². The number of hydrogen-bond acceptors (Lipinski definition) is 6. The number of benzene rings is 2. The maximum Gasteiger partial charge on any atom is 0.316 e. The van der Waals surface area contributed by atoms with Gasteiger partial charge in [-0.25, -0.2) is 0 Å². The highest BCUT2D eigenvalue weighted by molar-refractivity contribution is 6.74. The summed E-state index contributed by atoms with van der Waals surface area (Å²) in [7, 11) is -2.20. The third-order valence-corrected chi connectivity index (χ3v) is 13.2. The summed E-state index contributed by atoms with van der Waals surface area (Å²) in [6.07, 6.45) is -1.42. The number of rotatable bonds is 10. The summed E-state index contributed by atoms with van der Waals surface area (Å²) in [6.45, 7) is 22.0. The zero-order valence-corrected chi connectivity index (χ0v) is 26.6. The van der Waals surface area contributed by atoms with Crippen LogP contribution in [0.5, 0.6) is 5.75 Å². The van der Waals surface area contributed by atoms with E-state index in [0.717, 1.165) is 16.7 Å². The lowest BCUT2D eigenvalue weighted by molar-refractivity contribution is -0.150. The first-order valence-corrected chi connectivity index (χ1v) is 17.0. The smallest absolute Gasteiger partial charge is 0.316 e. The Morgan fingerprint density at radius 3 is 2.21 bits per heavy atom. The highest BCUT2D eigenvalue weighted by Crippen LogP contribution is 2.43. The van der Waals surface area contributed by atoms with Gasteiger partial charge in [0.2, 0.25) is 0 Å². The molecule has 1 fully saturated rings. The Kier molecular flexibility index (Phi) is 9.88. The molecule has 1 saturated heterocycles. The molecule has 2 aromatic carbocycles. The zero-order valence-electron chi connectivity index (χ0n) is 25.6. The number of para-hydroxylation sites is 1. The Hall–Kier alpha value is -2.03. The van der Waals surface area contributed by atoms with Crippen LogP contribution in [0.4, 0.5) is 0 Å². The second kappa shape index (κ2) is 12.2. The van der Waals surface area contributed by atoms with Crippen LogP contribution in [-0.4, -0.2) is 55.4 Å². The lowest BCUT2D eigenvalue weighted by atomic mass is 9.76. The van der Waals surface area contributed by atoms with Crippen molar-refractivity contribution in [2.75, 3.05) is 13.3 Å². The first-order chi connectivity index (χ1) is 18.1. The Morgan fingerprint density at radius 2 is 1.67 bits per heavy atom. The lowest BCUT2D eigenvalue weighted by Gasteiger charge is -2.48. The molecule has 0 spiro atoms. The second-order valence-corrected chi connectivity index (χ2v) is 17.9. The van der Waals surface area contributed by atoms with Crippen molar-refractivity contribution in [3.8, 4) is 5.75 Å². The van der Waals surface area contributed by atoms with Crippen LogP contribution in [0, 0.1) is 25.7 Å². The van der Waals surface area contributed by atoms with E-state index in [1.54, 1.807) is 6.92 Å². The second-order valence-electron chi connectivity index (χ2n) is 13.1. The van der Waals surface area contributed by atoms with Gasteiger partial charge < -0.3 is 19.0 Å². The largest absolute Gasteiger partial charge is 0.426 e. The molecule has 0 bridgehead atoms. The SMILES string of the molecule is Cc1cccc(C)c1OC(=O)[C@H](C)[C@H](O)[C@@]1(CO[Si](C)(C)C(C)(C)C)[C@H](C(C)C)OCN1Cc1ccccc1. The minimum Gasteiger partial charge on any atom is -0.426 e. The Bertz CT molecular complexity index is 1090. The number of aliphatic hydroxyl groups excluding tert-OH is 1. The van der Waals surface area contributed by atoms with Gasteiger partial charge in [0.05, 0.1) is 30.3 Å². The molecule has 1 N–H and O–H groups in total. The summed E-state index contributed by atoms with van der Waals surface area (Å²) < 4.78 is 19.2. The number of ether oxygens (including phenoxy) is 2. The molecule has 6 nitrogen and oxygen atoms in total. The fourth-order valence-electron chi connectivity index (χ4n) is 5.22. The van der Waals surface area contributed by atoms with E-state index >= 15 is 0 Å². The molecule has 0 aliphatic carbocycles. The molecular weight excluding hydrogens is 506 g/mol. The van der Waals surface area contributed by atoms with E-state index in [1.807, 2.05) is 50.2 Å². The van der Waals surface area contributed by atoms with Crippen LogP contribution in [0.3, 0.4) is 0 Å². The van der Waals surface area contributed by atoms with Crippen molar-refractivity contribution in [3.63, 3.8) is 0 Å². The Balaban J connectivity index is 2.04. The van der Waals surface area contributed by atoms with Crippen LogP contribution in [-0.2, 0) is 20.5 Å². The van der Waals surface area contributed by atoms with Gasteiger partial charge in [-0.05, 0) is 61.5 Å². The van der Waals surface area contributed by atoms with E-state index in [2.05, 4.69) is 64.7 Å². The first kappa shape index (κ1) is 31.5. The van der Waals surface area contributed by atoms with Gasteiger partial charge in [0.1, 0.15) is 12.5 Å². The van der Waals surface area contributed by atoms with Gasteiger partial charge >= 0.3 is 5.97 Å². The highest BCUT2D eigenvalue weighted by atomic mass is 28.4. The predicted molar refractivity (Wildman–Crippen MR) is 159 cm³/mol. The number of nitrogens with zero attached hydrogens (tertiary/aromatic N) is 1. The van der Waals surface area contributed by atoms with Crippen molar-refractivity contribution < 1.29 is 23.8 Å². The number of carbonyl (C=O) groups is 1. The quantitative estimate of drug-likeness (QED) is 0.206. The summed E-state index contributed by atoms with van der Waals surface area (Å²) in [4.78, 5) is 15.8. The van der Waals surface area contributed by atoms with Crippen molar-refractivity contribution in [2.45, 2.75) is 97.8 Å². The predicted octanol–water partition coefficient (Wildman–Crippen LogP) is 6.48. The van der Waals surface area contributed by atoms with Crippen LogP contribution in [0.15, 0.2) is 48.5 Å². The van der Waals surface area contributed by atoms with Crippen molar-refractivity contribution in [2.24, 2.45) is 11.8 Å². The topological polar surface area (TPSA) is 68.2 Å². The van der Waals surface area contributed by atoms with Crippen LogP contribution in [0.1, 0.15) is 58.2 Å². The zero-order chi connectivity index (χ0) is 29.2. The van der Waals surface area contributed by atoms with E-state index in [4.69, 9.17) is 13.9 Å². The van der Waals surface area contributed by atoms with Gasteiger partial charge in [0.15, 0.2) is 8.32 Å². The highest BCUT2D eigenvalue weighted by Gasteiger charge is 2.59. The third-order valence-electron chi connectivity index (χ3n) is 8.75. The molecule has 0 aromatic heterocycles. The van der Waals surface area contributed by atoms with Crippen molar-refractivity contribution in [3.05, 3.63) is 65.2 Å². The monoisotopic (exact) mass is 555 g/mol. The molecule has 39 heavy (non-hydrogen) atoms. The minimum atomic E-state index is -2.20. The van der Waals surface area contributed by atoms with E-state index in [-0.39, 0.29) is 23.7 Å². The summed E-state index contributed by atoms with van der Waals surface area (Å²) >= 11 is 0. The van der Waals surface area contributed by atoms with Gasteiger partial charge in [0.25, 0.3) is 0 Å². The molecular formula is C32H49NO5Si. The lowest BCUT2D eigenvalue weighted by Crippen LogP contribution is -2.66. The van der Waals surface area contributed by atoms with Crippen LogP contribution < -0.4 is 4.74 Å². The molecule has 3 rings (SSSR count). The average Bonchev–Trinajstić information content (AvgIpc) is 3.23. The molecule has 7 heteroatoms. The van der Waals surface area contributed by atoms with E-state index < -0.39 is 31.8 Å². The number of carbonyl (C=O) groups excluding carboxylic acids is 1. The maximum atomic E-state index is 13.6. The first-order valence-electron chi connectivity index (χ1n) is 14.1. The molecule has 0 saturated carbocycles. The van der Waals surface area contributed by atoms with E-state index in [9.17, 15) is 9.90 Å². The number of aryl methyl sites for hydroxylation is 2. The van der Waals surface area contributed by atoms with Crippen LogP contribution in [0.2, 0.25) is 18.1 Å². The Morgan fingerprint density at radius 1 is 1.08 bits per heavy atom. The van der Waals surface area contributed by atoms with E-state index in [0.29, 0.717) is 19.0 Å². The van der Waals surface area contributed by atoms with Crippen molar-refractivity contribution in [1.29, 1.82) is 0 Å².